The summed E-state index contributed by atoms with van der Waals surface area (Å²) in [5, 5.41) is 9.94. The highest BCUT2D eigenvalue weighted by atomic mass is 35.5. The lowest BCUT2D eigenvalue weighted by Gasteiger charge is -2.32. The van der Waals surface area contributed by atoms with Crippen molar-refractivity contribution in [1.29, 1.82) is 0 Å². The zero-order chi connectivity index (χ0) is 20.3. The number of aromatic nitrogens is 2. The van der Waals surface area contributed by atoms with E-state index in [-0.39, 0.29) is 5.92 Å². The van der Waals surface area contributed by atoms with Crippen molar-refractivity contribution in [3.05, 3.63) is 47.0 Å². The van der Waals surface area contributed by atoms with Gasteiger partial charge in [0.15, 0.2) is 0 Å². The second-order valence-electron chi connectivity index (χ2n) is 6.89. The minimum absolute atomic E-state index is 0.322. The minimum atomic E-state index is -0.725. The molecule has 0 unspecified atom stereocenters. The fourth-order valence-corrected chi connectivity index (χ4v) is 3.76. The number of halogens is 1. The Morgan fingerprint density at radius 2 is 2.04 bits per heavy atom. The van der Waals surface area contributed by atoms with Crippen molar-refractivity contribution in [2.75, 3.05) is 18.0 Å². The molecular formula is C22H26ClN3O2. The molecule has 2 heterocycles. The third kappa shape index (κ3) is 4.14. The largest absolute Gasteiger partial charge is 0.481 e. The number of piperidine rings is 1. The van der Waals surface area contributed by atoms with Crippen LogP contribution in [-0.2, 0) is 4.79 Å². The van der Waals surface area contributed by atoms with E-state index in [1.54, 1.807) is 0 Å². The molecule has 3 aromatic rings. The summed E-state index contributed by atoms with van der Waals surface area (Å²) < 4.78 is 0. The Bertz CT molecular complexity index is 983. The van der Waals surface area contributed by atoms with Crippen molar-refractivity contribution in [2.45, 2.75) is 33.6 Å². The molecule has 0 amide bonds. The molecule has 6 heteroatoms. The van der Waals surface area contributed by atoms with E-state index in [0.717, 1.165) is 47.5 Å². The Hall–Kier alpha value is -2.53. The number of aliphatic carboxylic acids is 1. The molecule has 0 aliphatic carbocycles. The Morgan fingerprint density at radius 1 is 1.25 bits per heavy atom. The lowest BCUT2D eigenvalue weighted by Crippen LogP contribution is -2.38. The molecule has 28 heavy (non-hydrogen) atoms. The molecule has 1 aromatic heterocycles. The van der Waals surface area contributed by atoms with Crippen LogP contribution in [0.2, 0.25) is 5.02 Å². The van der Waals surface area contributed by atoms with E-state index in [9.17, 15) is 9.90 Å². The number of carboxylic acids is 1. The Balaban J connectivity index is 0.00000109. The molecule has 0 radical (unpaired) electrons. The van der Waals surface area contributed by atoms with Crippen LogP contribution in [0.3, 0.4) is 0 Å². The molecule has 2 aromatic carbocycles. The number of benzene rings is 2. The van der Waals surface area contributed by atoms with Gasteiger partial charge in [-0.2, -0.15) is 0 Å². The molecule has 2 N–H and O–H groups in total. The maximum absolute atomic E-state index is 11.3. The van der Waals surface area contributed by atoms with E-state index in [0.29, 0.717) is 11.6 Å². The second kappa shape index (κ2) is 8.65. The lowest BCUT2D eigenvalue weighted by atomic mass is 9.97. The number of H-pyrrole nitrogens is 1. The van der Waals surface area contributed by atoms with Crippen LogP contribution >= 0.6 is 11.6 Å². The molecule has 0 bridgehead atoms. The van der Waals surface area contributed by atoms with Gasteiger partial charge >= 0.3 is 5.97 Å². The number of nitrogens with zero attached hydrogens (tertiary/aromatic N) is 2. The number of hydrogen-bond donors (Lipinski definition) is 2. The fraction of sp³-hybridized carbons (Fsp3) is 0.364. The molecule has 1 saturated heterocycles. The number of hydrogen-bond acceptors (Lipinski definition) is 3. The number of rotatable bonds is 3. The second-order valence-corrected chi connectivity index (χ2v) is 7.30. The summed E-state index contributed by atoms with van der Waals surface area (Å²) in [4.78, 5) is 21.5. The zero-order valence-corrected chi connectivity index (χ0v) is 17.3. The summed E-state index contributed by atoms with van der Waals surface area (Å²) >= 11 is 6.43. The summed E-state index contributed by atoms with van der Waals surface area (Å²) in [6, 6.07) is 11.9. The highest BCUT2D eigenvalue weighted by Gasteiger charge is 2.26. The first-order valence-electron chi connectivity index (χ1n) is 9.75. The van der Waals surface area contributed by atoms with Crippen molar-refractivity contribution < 1.29 is 9.90 Å². The van der Waals surface area contributed by atoms with Gasteiger partial charge in [0.2, 0.25) is 0 Å². The van der Waals surface area contributed by atoms with Crippen LogP contribution in [-0.4, -0.2) is 34.1 Å². The molecule has 0 saturated carbocycles. The van der Waals surface area contributed by atoms with Crippen molar-refractivity contribution in [3.63, 3.8) is 0 Å². The molecule has 148 valence electrons. The number of fused-ring (bicyclic) bond motifs is 1. The van der Waals surface area contributed by atoms with Gasteiger partial charge in [0.25, 0.3) is 0 Å². The molecule has 1 atom stereocenters. The Kier molecular flexibility index (Phi) is 6.25. The first kappa shape index (κ1) is 20.2. The average molecular weight is 400 g/mol. The molecule has 4 rings (SSSR count). The molecule has 1 aliphatic heterocycles. The highest BCUT2D eigenvalue weighted by molar-refractivity contribution is 6.33. The van der Waals surface area contributed by atoms with Gasteiger partial charge in [-0.05, 0) is 55.7 Å². The number of carbonyl (C=O) groups is 1. The van der Waals surface area contributed by atoms with Gasteiger partial charge in [-0.1, -0.05) is 31.5 Å². The fourth-order valence-electron chi connectivity index (χ4n) is 3.56. The molecule has 5 nitrogen and oxygen atoms in total. The van der Waals surface area contributed by atoms with Crippen LogP contribution in [0.4, 0.5) is 5.69 Å². The summed E-state index contributed by atoms with van der Waals surface area (Å²) in [6.45, 7) is 7.42. The van der Waals surface area contributed by atoms with Gasteiger partial charge in [-0.3, -0.25) is 4.79 Å². The van der Waals surface area contributed by atoms with E-state index >= 15 is 0 Å². The first-order valence-corrected chi connectivity index (χ1v) is 10.1. The van der Waals surface area contributed by atoms with E-state index in [1.165, 1.54) is 5.56 Å². The van der Waals surface area contributed by atoms with Crippen molar-refractivity contribution in [2.24, 2.45) is 5.92 Å². The maximum atomic E-state index is 11.3. The minimum Gasteiger partial charge on any atom is -0.481 e. The number of anilines is 1. The number of aryl methyl sites for hydroxylation is 1. The number of nitrogens with one attached hydrogen (secondary N) is 1. The molecule has 1 aliphatic rings. The zero-order valence-electron chi connectivity index (χ0n) is 16.5. The predicted octanol–water partition coefficient (Wildman–Crippen LogP) is 5.52. The summed E-state index contributed by atoms with van der Waals surface area (Å²) in [5.41, 5.74) is 4.85. The van der Waals surface area contributed by atoms with E-state index in [4.69, 9.17) is 11.6 Å². The van der Waals surface area contributed by atoms with Crippen LogP contribution in [0.5, 0.6) is 0 Å². The summed E-state index contributed by atoms with van der Waals surface area (Å²) in [6.07, 6.45) is 1.61. The quantitative estimate of drug-likeness (QED) is 0.608. The van der Waals surface area contributed by atoms with Crippen LogP contribution in [0, 0.1) is 12.8 Å². The topological polar surface area (TPSA) is 69.2 Å². The third-order valence-electron chi connectivity index (χ3n) is 4.98. The van der Waals surface area contributed by atoms with Crippen LogP contribution in [0.15, 0.2) is 36.4 Å². The van der Waals surface area contributed by atoms with E-state index in [2.05, 4.69) is 20.9 Å². The number of aromatic amines is 1. The van der Waals surface area contributed by atoms with Gasteiger partial charge in [-0.25, -0.2) is 4.98 Å². The van der Waals surface area contributed by atoms with E-state index < -0.39 is 5.97 Å². The van der Waals surface area contributed by atoms with Crippen LogP contribution < -0.4 is 4.90 Å². The lowest BCUT2D eigenvalue weighted by molar-refractivity contribution is -0.141. The number of carboxylic acid groups (broad SMARTS) is 1. The summed E-state index contributed by atoms with van der Waals surface area (Å²) in [5.74, 6) is -0.321. The van der Waals surface area contributed by atoms with Crippen molar-refractivity contribution in [3.8, 4) is 11.4 Å². The van der Waals surface area contributed by atoms with Gasteiger partial charge < -0.3 is 15.0 Å². The van der Waals surface area contributed by atoms with Crippen LogP contribution in [0.1, 0.15) is 32.3 Å². The SMILES string of the molecule is CC.Cc1ccc2nc(-c3cc(N4CCC[C@@H](C(=O)O)C4)ccc3Cl)[nH]c2c1. The monoisotopic (exact) mass is 399 g/mol. The van der Waals surface area contributed by atoms with Crippen LogP contribution in [0.25, 0.3) is 22.4 Å². The third-order valence-corrected chi connectivity index (χ3v) is 5.31. The van der Waals surface area contributed by atoms with Gasteiger partial charge in [-0.15, -0.1) is 0 Å². The van der Waals surface area contributed by atoms with Gasteiger partial charge in [0.1, 0.15) is 5.82 Å². The molecule has 0 spiro atoms. The van der Waals surface area contributed by atoms with Crippen molar-refractivity contribution in [1.82, 2.24) is 9.97 Å². The van der Waals surface area contributed by atoms with Crippen molar-refractivity contribution >= 4 is 34.3 Å². The van der Waals surface area contributed by atoms with E-state index in [1.807, 2.05) is 51.1 Å². The standard InChI is InChI=1S/C20H20ClN3O2.C2H6/c1-12-4-7-17-18(9-12)23-19(22-17)15-10-14(5-6-16(15)21)24-8-2-3-13(11-24)20(25)26;1-2/h4-7,9-10,13H,2-3,8,11H2,1H3,(H,22,23)(H,25,26);1-2H3/t13-;/m1./s1. The Labute approximate surface area is 170 Å². The molecule has 1 fully saturated rings. The van der Waals surface area contributed by atoms with Gasteiger partial charge in [0, 0.05) is 24.3 Å². The average Bonchev–Trinajstić information content (AvgIpc) is 3.13. The normalized spacial score (nSPS) is 16.6. The maximum Gasteiger partial charge on any atom is 0.308 e. The number of imidazole rings is 1. The summed E-state index contributed by atoms with van der Waals surface area (Å²) in [7, 11) is 0. The Morgan fingerprint density at radius 3 is 2.79 bits per heavy atom. The highest BCUT2D eigenvalue weighted by Crippen LogP contribution is 2.33. The predicted molar refractivity (Wildman–Crippen MR) is 115 cm³/mol. The first-order chi connectivity index (χ1) is 13.5. The molecular weight excluding hydrogens is 374 g/mol. The smallest absolute Gasteiger partial charge is 0.308 e. The van der Waals surface area contributed by atoms with Gasteiger partial charge in [0.05, 0.1) is 22.0 Å².